The molecule has 1 saturated carbocycles. The molecule has 1 N–H and O–H groups in total. The molecule has 0 radical (unpaired) electrons. The average Bonchev–Trinajstić information content (AvgIpc) is 3.56. The minimum Gasteiger partial charge on any atom is -0.282 e. The largest absolute Gasteiger partial charge is 0.416 e. The molecule has 1 aliphatic heterocycles. The molecule has 1 fully saturated rings. The Morgan fingerprint density at radius 2 is 1.74 bits per heavy atom. The minimum atomic E-state index is -4.63. The molecule has 2 aliphatic rings. The van der Waals surface area contributed by atoms with Gasteiger partial charge in [0.25, 0.3) is 10.0 Å². The van der Waals surface area contributed by atoms with E-state index in [-0.39, 0.29) is 22.1 Å². The van der Waals surface area contributed by atoms with Gasteiger partial charge in [0.1, 0.15) is 0 Å². The summed E-state index contributed by atoms with van der Waals surface area (Å²) in [7, 11) is -4.44. The Labute approximate surface area is 199 Å². The van der Waals surface area contributed by atoms with E-state index in [1.165, 1.54) is 0 Å². The van der Waals surface area contributed by atoms with Crippen LogP contribution in [0.3, 0.4) is 0 Å². The van der Waals surface area contributed by atoms with Crippen LogP contribution in [0.25, 0.3) is 11.3 Å². The number of nitrogens with one attached hydrogen (secondary N) is 1. The zero-order valence-electron chi connectivity index (χ0n) is 18.7. The highest BCUT2D eigenvalue weighted by atomic mass is 32.2. The fourth-order valence-electron chi connectivity index (χ4n) is 4.68. The van der Waals surface area contributed by atoms with Gasteiger partial charge in [-0.05, 0) is 61.9 Å². The van der Waals surface area contributed by atoms with Gasteiger partial charge in [0, 0.05) is 22.9 Å². The van der Waals surface area contributed by atoms with Gasteiger partial charge in [-0.25, -0.2) is 17.2 Å². The van der Waals surface area contributed by atoms with Crippen molar-refractivity contribution < 1.29 is 30.4 Å². The highest BCUT2D eigenvalue weighted by Crippen LogP contribution is 2.56. The van der Waals surface area contributed by atoms with Crippen LogP contribution in [-0.4, -0.2) is 18.6 Å². The molecule has 0 bridgehead atoms. The van der Waals surface area contributed by atoms with Crippen molar-refractivity contribution >= 4 is 15.7 Å². The molecule has 0 spiro atoms. The summed E-state index contributed by atoms with van der Waals surface area (Å²) in [5.41, 5.74) is 0.769. The Morgan fingerprint density at radius 3 is 2.34 bits per heavy atom. The van der Waals surface area contributed by atoms with Crippen molar-refractivity contribution in [3.05, 3.63) is 64.9 Å². The van der Waals surface area contributed by atoms with Crippen molar-refractivity contribution in [2.75, 3.05) is 4.31 Å². The van der Waals surface area contributed by atoms with Gasteiger partial charge in [-0.15, -0.1) is 0 Å². The van der Waals surface area contributed by atoms with Crippen LogP contribution in [0, 0.1) is 17.6 Å². The number of hydrogen-bond acceptors (Lipinski definition) is 3. The van der Waals surface area contributed by atoms with Gasteiger partial charge in [-0.3, -0.25) is 9.40 Å². The van der Waals surface area contributed by atoms with Crippen molar-refractivity contribution in [2.45, 2.75) is 56.1 Å². The maximum absolute atomic E-state index is 14.4. The molecule has 5 nitrogen and oxygen atoms in total. The number of nitrogens with zero attached hydrogens (tertiary/aromatic N) is 2. The van der Waals surface area contributed by atoms with Crippen LogP contribution < -0.4 is 4.31 Å². The first-order chi connectivity index (χ1) is 16.5. The third kappa shape index (κ3) is 3.99. The lowest BCUT2D eigenvalue weighted by Gasteiger charge is -2.38. The van der Waals surface area contributed by atoms with Crippen molar-refractivity contribution in [2.24, 2.45) is 5.92 Å². The number of rotatable bonds is 6. The molecule has 11 heteroatoms. The third-order valence-electron chi connectivity index (χ3n) is 6.55. The Morgan fingerprint density at radius 1 is 1.09 bits per heavy atom. The van der Waals surface area contributed by atoms with E-state index in [2.05, 4.69) is 10.2 Å². The van der Waals surface area contributed by atoms with E-state index < -0.39 is 39.4 Å². The molecule has 2 aromatic carbocycles. The Kier molecular flexibility index (Phi) is 5.65. The molecule has 5 rings (SSSR count). The number of halogens is 5. The Bertz CT molecular complexity index is 1380. The van der Waals surface area contributed by atoms with Crippen LogP contribution in [0.2, 0.25) is 0 Å². The summed E-state index contributed by atoms with van der Waals surface area (Å²) in [6, 6.07) is 4.20. The lowest BCUT2D eigenvalue weighted by molar-refractivity contribution is -0.137. The fourth-order valence-corrected chi connectivity index (χ4v) is 6.37. The monoisotopic (exact) mass is 511 g/mol. The SMILES string of the molecule is CCCCc1[nH]nc2c1C(C1CC1)N(S(=O)(=O)c1ccc(C(F)(F)F)cc1)c1cc(F)c(F)cc1-2. The number of hydrogen-bond donors (Lipinski definition) is 1. The maximum Gasteiger partial charge on any atom is 0.416 e. The van der Waals surface area contributed by atoms with Crippen molar-refractivity contribution in [3.8, 4) is 11.3 Å². The number of unbranched alkanes of at least 4 members (excludes halogenated alkanes) is 1. The zero-order chi connectivity index (χ0) is 25.1. The van der Waals surface area contributed by atoms with E-state index in [0.29, 0.717) is 29.8 Å². The van der Waals surface area contributed by atoms with Crippen molar-refractivity contribution in [3.63, 3.8) is 0 Å². The van der Waals surface area contributed by atoms with E-state index in [0.717, 1.165) is 59.9 Å². The summed E-state index contributed by atoms with van der Waals surface area (Å²) in [5.74, 6) is -2.46. The van der Waals surface area contributed by atoms with Crippen LogP contribution in [0.15, 0.2) is 41.3 Å². The van der Waals surface area contributed by atoms with Crippen LogP contribution in [-0.2, 0) is 22.6 Å². The van der Waals surface area contributed by atoms with Crippen molar-refractivity contribution in [1.82, 2.24) is 10.2 Å². The molecular formula is C24H22F5N3O2S. The van der Waals surface area contributed by atoms with E-state index in [1.54, 1.807) is 0 Å². The lowest BCUT2D eigenvalue weighted by atomic mass is 9.89. The van der Waals surface area contributed by atoms with Crippen LogP contribution in [0.5, 0.6) is 0 Å². The first-order valence-electron chi connectivity index (χ1n) is 11.3. The normalized spacial score (nSPS) is 17.9. The van der Waals surface area contributed by atoms with Gasteiger partial charge in [0.15, 0.2) is 11.6 Å². The highest BCUT2D eigenvalue weighted by molar-refractivity contribution is 7.92. The zero-order valence-corrected chi connectivity index (χ0v) is 19.5. The molecule has 1 aromatic heterocycles. The third-order valence-corrected chi connectivity index (χ3v) is 8.36. The van der Waals surface area contributed by atoms with Gasteiger partial charge in [0.05, 0.1) is 27.9 Å². The number of H-pyrrole nitrogens is 1. The summed E-state index contributed by atoms with van der Waals surface area (Å²) in [5, 5.41) is 7.31. The number of benzene rings is 2. The summed E-state index contributed by atoms with van der Waals surface area (Å²) in [4.78, 5) is -0.367. The van der Waals surface area contributed by atoms with Crippen LogP contribution in [0.1, 0.15) is 55.5 Å². The first-order valence-corrected chi connectivity index (χ1v) is 12.8. The predicted octanol–water partition coefficient (Wildman–Crippen LogP) is 6.38. The van der Waals surface area contributed by atoms with E-state index >= 15 is 0 Å². The van der Waals surface area contributed by atoms with Crippen LogP contribution >= 0.6 is 0 Å². The van der Waals surface area contributed by atoms with Gasteiger partial charge < -0.3 is 0 Å². The molecule has 1 unspecified atom stereocenters. The Hall–Kier alpha value is -2.95. The second-order valence-electron chi connectivity index (χ2n) is 8.96. The maximum atomic E-state index is 14.4. The number of aromatic nitrogens is 2. The topological polar surface area (TPSA) is 66.1 Å². The summed E-state index contributed by atoms with van der Waals surface area (Å²) in [6.07, 6.45) is -0.901. The summed E-state index contributed by atoms with van der Waals surface area (Å²) < 4.78 is 96.7. The number of alkyl halides is 3. The predicted molar refractivity (Wildman–Crippen MR) is 119 cm³/mol. The quantitative estimate of drug-likeness (QED) is 0.391. The molecule has 1 aliphatic carbocycles. The molecule has 0 amide bonds. The molecule has 0 saturated heterocycles. The fraction of sp³-hybridized carbons (Fsp3) is 0.375. The van der Waals surface area contributed by atoms with Gasteiger partial charge in [-0.1, -0.05) is 13.3 Å². The average molecular weight is 512 g/mol. The van der Waals surface area contributed by atoms with Crippen molar-refractivity contribution in [1.29, 1.82) is 0 Å². The van der Waals surface area contributed by atoms with Crippen LogP contribution in [0.4, 0.5) is 27.6 Å². The van der Waals surface area contributed by atoms with E-state index in [9.17, 15) is 30.4 Å². The molecular weight excluding hydrogens is 489 g/mol. The molecule has 2 heterocycles. The van der Waals surface area contributed by atoms with E-state index in [4.69, 9.17) is 0 Å². The number of sulfonamides is 1. The smallest absolute Gasteiger partial charge is 0.282 e. The standard InChI is InChI=1S/C24H22F5N3O2S/c1-2-3-4-19-21-22(31-30-19)16-11-17(25)18(26)12-20(16)32(23(21)13-5-6-13)35(33,34)15-9-7-14(8-10-15)24(27,28)29/h7-13,23H,2-6H2,1H3,(H,30,31). The molecule has 186 valence electrons. The van der Waals surface area contributed by atoms with Gasteiger partial charge in [-0.2, -0.15) is 18.3 Å². The number of aromatic amines is 1. The van der Waals surface area contributed by atoms with Gasteiger partial charge in [0.2, 0.25) is 0 Å². The second-order valence-corrected chi connectivity index (χ2v) is 10.8. The Balaban J connectivity index is 1.72. The first kappa shape index (κ1) is 23.8. The summed E-state index contributed by atoms with van der Waals surface area (Å²) >= 11 is 0. The minimum absolute atomic E-state index is 0.0817. The van der Waals surface area contributed by atoms with Gasteiger partial charge >= 0.3 is 6.18 Å². The number of anilines is 1. The number of fused-ring (bicyclic) bond motifs is 3. The number of aryl methyl sites for hydroxylation is 1. The molecule has 3 aromatic rings. The van der Waals surface area contributed by atoms with E-state index in [1.807, 2.05) is 6.92 Å². The molecule has 35 heavy (non-hydrogen) atoms. The highest BCUT2D eigenvalue weighted by Gasteiger charge is 2.49. The summed E-state index contributed by atoms with van der Waals surface area (Å²) in [6.45, 7) is 2.01. The second kappa shape index (κ2) is 8.32. The lowest BCUT2D eigenvalue weighted by Crippen LogP contribution is -2.39. The molecule has 1 atom stereocenters.